The summed E-state index contributed by atoms with van der Waals surface area (Å²) in [5.74, 6) is 0.562. The first-order chi connectivity index (χ1) is 12.9. The minimum atomic E-state index is -0.292. The lowest BCUT2D eigenvalue weighted by atomic mass is 10.1. The number of likely N-dealkylation sites (N-methyl/N-ethyl adjacent to an activating group) is 1. The van der Waals surface area contributed by atoms with Gasteiger partial charge in [-0.05, 0) is 37.4 Å². The number of benzene rings is 2. The number of methoxy groups -OCH3 is 2. The van der Waals surface area contributed by atoms with Crippen LogP contribution in [0.1, 0.15) is 15.9 Å². The molecule has 0 atom stereocenters. The highest BCUT2D eigenvalue weighted by molar-refractivity contribution is 7.98. The Morgan fingerprint density at radius 1 is 1.11 bits per heavy atom. The topological polar surface area (TPSA) is 67.9 Å². The molecule has 0 heterocycles. The smallest absolute Gasteiger partial charge is 0.254 e. The number of hydrogen-bond acceptors (Lipinski definition) is 5. The first-order valence-corrected chi connectivity index (χ1v) is 9.54. The molecule has 27 heavy (non-hydrogen) atoms. The van der Waals surface area contributed by atoms with Gasteiger partial charge in [0.15, 0.2) is 0 Å². The van der Waals surface area contributed by atoms with E-state index in [1.807, 2.05) is 37.4 Å². The first-order valence-electron chi connectivity index (χ1n) is 8.32. The van der Waals surface area contributed by atoms with Crippen molar-refractivity contribution < 1.29 is 19.1 Å². The Morgan fingerprint density at radius 2 is 1.70 bits per heavy atom. The second-order valence-corrected chi connectivity index (χ2v) is 6.76. The molecule has 0 bridgehead atoms. The van der Waals surface area contributed by atoms with Crippen LogP contribution in [0.4, 0.5) is 5.69 Å². The molecule has 0 aliphatic heterocycles. The minimum Gasteiger partial charge on any atom is -0.496 e. The molecule has 0 aliphatic carbocycles. The summed E-state index contributed by atoms with van der Waals surface area (Å²) in [6.45, 7) is 1.78. The van der Waals surface area contributed by atoms with Gasteiger partial charge in [-0.15, -0.1) is 11.8 Å². The van der Waals surface area contributed by atoms with Crippen molar-refractivity contribution in [3.8, 4) is 11.5 Å². The van der Waals surface area contributed by atoms with E-state index in [0.717, 1.165) is 16.1 Å². The van der Waals surface area contributed by atoms with E-state index in [1.54, 1.807) is 30.9 Å². The zero-order valence-electron chi connectivity index (χ0n) is 16.2. The van der Waals surface area contributed by atoms with Crippen molar-refractivity contribution >= 4 is 29.3 Å². The summed E-state index contributed by atoms with van der Waals surface area (Å²) in [7, 11) is 4.66. The van der Waals surface area contributed by atoms with Crippen LogP contribution < -0.4 is 14.8 Å². The lowest BCUT2D eigenvalue weighted by Gasteiger charge is -2.19. The van der Waals surface area contributed by atoms with E-state index in [2.05, 4.69) is 5.32 Å². The van der Waals surface area contributed by atoms with Gasteiger partial charge in [0.2, 0.25) is 5.91 Å². The highest BCUT2D eigenvalue weighted by atomic mass is 32.2. The van der Waals surface area contributed by atoms with Crippen LogP contribution in [-0.4, -0.2) is 50.8 Å². The van der Waals surface area contributed by atoms with E-state index in [0.29, 0.717) is 17.1 Å². The predicted molar refractivity (Wildman–Crippen MR) is 108 cm³/mol. The molecule has 1 N–H and O–H groups in total. The number of rotatable bonds is 7. The molecule has 0 aliphatic rings. The molecule has 2 amide bonds. The summed E-state index contributed by atoms with van der Waals surface area (Å²) >= 11 is 1.55. The Balaban J connectivity index is 2.12. The van der Waals surface area contributed by atoms with Gasteiger partial charge in [0.25, 0.3) is 5.91 Å². The number of carbonyl (C=O) groups is 2. The summed E-state index contributed by atoms with van der Waals surface area (Å²) in [6, 6.07) is 10.8. The molecule has 2 aromatic carbocycles. The van der Waals surface area contributed by atoms with Gasteiger partial charge in [0, 0.05) is 23.1 Å². The molecule has 0 aromatic heterocycles. The third-order valence-corrected chi connectivity index (χ3v) is 4.90. The van der Waals surface area contributed by atoms with Crippen molar-refractivity contribution in [3.05, 3.63) is 47.5 Å². The lowest BCUT2D eigenvalue weighted by molar-refractivity contribution is -0.116. The van der Waals surface area contributed by atoms with Crippen molar-refractivity contribution in [2.75, 3.05) is 39.4 Å². The fraction of sp³-hybridized carbons (Fsp3) is 0.300. The third kappa shape index (κ3) is 4.95. The first kappa shape index (κ1) is 20.6. The fourth-order valence-corrected chi connectivity index (χ4v) is 3.21. The summed E-state index contributed by atoms with van der Waals surface area (Å²) in [4.78, 5) is 27.4. The molecule has 2 rings (SSSR count). The number of carbonyl (C=O) groups excluding carboxylic acids is 2. The van der Waals surface area contributed by atoms with Gasteiger partial charge in [0.1, 0.15) is 11.5 Å². The average molecular weight is 388 g/mol. The summed E-state index contributed by atoms with van der Waals surface area (Å²) in [5.41, 5.74) is 1.94. The molecule has 2 aromatic rings. The van der Waals surface area contributed by atoms with Crippen LogP contribution in [0.3, 0.4) is 0 Å². The highest BCUT2D eigenvalue weighted by Gasteiger charge is 2.19. The molecule has 6 nitrogen and oxygen atoms in total. The van der Waals surface area contributed by atoms with Crippen molar-refractivity contribution in [1.29, 1.82) is 0 Å². The summed E-state index contributed by atoms with van der Waals surface area (Å²) in [5, 5.41) is 2.85. The number of thioether (sulfide) groups is 1. The van der Waals surface area contributed by atoms with Gasteiger partial charge < -0.3 is 19.7 Å². The zero-order valence-corrected chi connectivity index (χ0v) is 17.0. The van der Waals surface area contributed by atoms with Gasteiger partial charge in [-0.2, -0.15) is 0 Å². The van der Waals surface area contributed by atoms with Crippen molar-refractivity contribution in [2.45, 2.75) is 11.8 Å². The minimum absolute atomic E-state index is 0.0694. The number of para-hydroxylation sites is 1. The standard InChI is InChI=1S/C20H24N2O4S/c1-13-16(25-3)10-14(11-17(13)26-4)20(24)22(2)12-19(23)21-15-8-6-7-9-18(15)27-5/h6-11H,12H2,1-5H3,(H,21,23). The van der Waals surface area contributed by atoms with Crippen LogP contribution in [0.15, 0.2) is 41.3 Å². The molecule has 144 valence electrons. The fourth-order valence-electron chi connectivity index (χ4n) is 2.65. The maximum Gasteiger partial charge on any atom is 0.254 e. The summed E-state index contributed by atoms with van der Waals surface area (Å²) < 4.78 is 10.6. The Labute approximate surface area is 163 Å². The van der Waals surface area contributed by atoms with Gasteiger partial charge >= 0.3 is 0 Å². The second kappa shape index (κ2) is 9.32. The Hall–Kier alpha value is -2.67. The SMILES string of the molecule is COc1cc(C(=O)N(C)CC(=O)Nc2ccccc2SC)cc(OC)c1C. The highest BCUT2D eigenvalue weighted by Crippen LogP contribution is 2.30. The Kier molecular flexibility index (Phi) is 7.12. The van der Waals surface area contributed by atoms with E-state index >= 15 is 0 Å². The second-order valence-electron chi connectivity index (χ2n) is 5.92. The number of nitrogens with one attached hydrogen (secondary N) is 1. The van der Waals surface area contributed by atoms with Crippen LogP contribution in [0.2, 0.25) is 0 Å². The van der Waals surface area contributed by atoms with Crippen molar-refractivity contribution in [2.24, 2.45) is 0 Å². The number of hydrogen-bond donors (Lipinski definition) is 1. The largest absolute Gasteiger partial charge is 0.496 e. The molecule has 0 spiro atoms. The Bertz CT molecular complexity index is 813. The van der Waals surface area contributed by atoms with E-state index in [4.69, 9.17) is 9.47 Å². The molecule has 0 fully saturated rings. The maximum atomic E-state index is 12.7. The van der Waals surface area contributed by atoms with Crippen molar-refractivity contribution in [1.82, 2.24) is 4.90 Å². The quantitative estimate of drug-likeness (QED) is 0.736. The molecule has 7 heteroatoms. The average Bonchev–Trinajstić information content (AvgIpc) is 2.67. The van der Waals surface area contributed by atoms with Crippen LogP contribution in [-0.2, 0) is 4.79 Å². The molecule has 0 saturated carbocycles. The van der Waals surface area contributed by atoms with Gasteiger partial charge in [-0.25, -0.2) is 0 Å². The van der Waals surface area contributed by atoms with E-state index in [-0.39, 0.29) is 18.4 Å². The maximum absolute atomic E-state index is 12.7. The van der Waals surface area contributed by atoms with Crippen molar-refractivity contribution in [3.63, 3.8) is 0 Å². The monoisotopic (exact) mass is 388 g/mol. The molecule has 0 radical (unpaired) electrons. The van der Waals surface area contributed by atoms with Crippen LogP contribution >= 0.6 is 11.8 Å². The van der Waals surface area contributed by atoms with Crippen LogP contribution in [0.5, 0.6) is 11.5 Å². The molecular formula is C20H24N2O4S. The molecule has 0 unspecified atom stereocenters. The number of amides is 2. The molecular weight excluding hydrogens is 364 g/mol. The van der Waals surface area contributed by atoms with E-state index in [9.17, 15) is 9.59 Å². The normalized spacial score (nSPS) is 10.3. The number of nitrogens with zero attached hydrogens (tertiary/aromatic N) is 1. The summed E-state index contributed by atoms with van der Waals surface area (Å²) in [6.07, 6.45) is 1.94. The lowest BCUT2D eigenvalue weighted by Crippen LogP contribution is -2.35. The van der Waals surface area contributed by atoms with Gasteiger partial charge in [-0.3, -0.25) is 9.59 Å². The van der Waals surface area contributed by atoms with Crippen LogP contribution in [0, 0.1) is 6.92 Å². The van der Waals surface area contributed by atoms with E-state index in [1.165, 1.54) is 19.1 Å². The third-order valence-electron chi connectivity index (χ3n) is 4.11. The van der Waals surface area contributed by atoms with Gasteiger partial charge in [0.05, 0.1) is 26.5 Å². The van der Waals surface area contributed by atoms with Crippen LogP contribution in [0.25, 0.3) is 0 Å². The van der Waals surface area contributed by atoms with Gasteiger partial charge in [-0.1, -0.05) is 12.1 Å². The number of ether oxygens (including phenoxy) is 2. The molecule has 0 saturated heterocycles. The van der Waals surface area contributed by atoms with E-state index < -0.39 is 0 Å². The Morgan fingerprint density at radius 3 is 2.26 bits per heavy atom. The number of anilines is 1. The zero-order chi connectivity index (χ0) is 20.0. The predicted octanol–water partition coefficient (Wildman–Crippen LogP) is 3.44.